The predicted octanol–water partition coefficient (Wildman–Crippen LogP) is 0.659. The van der Waals surface area contributed by atoms with Crippen LogP contribution in [0.2, 0.25) is 0 Å². The third-order valence-corrected chi connectivity index (χ3v) is 1.62. The molecule has 78 valence electrons. The summed E-state index contributed by atoms with van der Waals surface area (Å²) >= 11 is 0. The fourth-order valence-corrected chi connectivity index (χ4v) is 0.900. The van der Waals surface area contributed by atoms with Gasteiger partial charge in [-0.15, -0.1) is 0 Å². The molecule has 0 aromatic heterocycles. The molecule has 0 saturated heterocycles. The van der Waals surface area contributed by atoms with Crippen LogP contribution in [0, 0.1) is 6.92 Å². The predicted molar refractivity (Wildman–Crippen MR) is 50.9 cm³/mol. The quantitative estimate of drug-likeness (QED) is 0.539. The lowest BCUT2D eigenvalue weighted by molar-refractivity contribution is -0.226. The van der Waals surface area contributed by atoms with E-state index in [1.54, 1.807) is 6.07 Å². The van der Waals surface area contributed by atoms with E-state index < -0.39 is 6.10 Å². The molecule has 0 heterocycles. The smallest absolute Gasteiger partial charge is 0.165 e. The van der Waals surface area contributed by atoms with Crippen LogP contribution in [0.15, 0.2) is 24.3 Å². The van der Waals surface area contributed by atoms with Crippen LogP contribution >= 0.6 is 0 Å². The van der Waals surface area contributed by atoms with E-state index in [1.165, 1.54) is 0 Å². The molecule has 2 N–H and O–H groups in total. The van der Waals surface area contributed by atoms with Gasteiger partial charge >= 0.3 is 0 Å². The molecule has 0 aliphatic rings. The first-order chi connectivity index (χ1) is 6.72. The van der Waals surface area contributed by atoms with E-state index in [0.29, 0.717) is 5.75 Å². The minimum absolute atomic E-state index is 0.0511. The van der Waals surface area contributed by atoms with Crippen LogP contribution in [0.1, 0.15) is 5.56 Å². The Hall–Kier alpha value is -1.10. The van der Waals surface area contributed by atoms with E-state index >= 15 is 0 Å². The van der Waals surface area contributed by atoms with Crippen molar-refractivity contribution in [2.24, 2.45) is 0 Å². The average molecular weight is 198 g/mol. The lowest BCUT2D eigenvalue weighted by Gasteiger charge is -2.08. The molecular formula is C10H14O4. The van der Waals surface area contributed by atoms with Gasteiger partial charge in [0.15, 0.2) is 5.75 Å². The van der Waals surface area contributed by atoms with Crippen LogP contribution in [0.4, 0.5) is 0 Å². The number of benzene rings is 1. The zero-order valence-electron chi connectivity index (χ0n) is 8.01. The number of aliphatic hydroxyl groups excluding tert-OH is 2. The molecule has 0 bridgehead atoms. The number of aliphatic hydroxyl groups is 2. The molecule has 1 unspecified atom stereocenters. The molecule has 1 atom stereocenters. The maximum Gasteiger partial charge on any atom is 0.165 e. The van der Waals surface area contributed by atoms with Gasteiger partial charge in [-0.25, -0.2) is 0 Å². The summed E-state index contributed by atoms with van der Waals surface area (Å²) in [6.45, 7) is 1.55. The number of aryl methyl sites for hydroxylation is 1. The van der Waals surface area contributed by atoms with Gasteiger partial charge in [0.05, 0.1) is 6.61 Å². The molecule has 0 aliphatic carbocycles. The summed E-state index contributed by atoms with van der Waals surface area (Å²) < 4.78 is 0. The molecule has 1 aromatic carbocycles. The molecule has 14 heavy (non-hydrogen) atoms. The highest BCUT2D eigenvalue weighted by molar-refractivity contribution is 5.26. The molecule has 0 aliphatic heterocycles. The van der Waals surface area contributed by atoms with Crippen LogP contribution in [0.5, 0.6) is 5.75 Å². The second kappa shape index (κ2) is 5.59. The van der Waals surface area contributed by atoms with Gasteiger partial charge < -0.3 is 15.1 Å². The van der Waals surface area contributed by atoms with E-state index in [0.717, 1.165) is 5.56 Å². The summed E-state index contributed by atoms with van der Waals surface area (Å²) in [5.74, 6) is 0.579. The van der Waals surface area contributed by atoms with Gasteiger partial charge in [-0.3, -0.25) is 0 Å². The average Bonchev–Trinajstić information content (AvgIpc) is 2.17. The van der Waals surface area contributed by atoms with Crippen LogP contribution in [0.3, 0.4) is 0 Å². The minimum Gasteiger partial charge on any atom is -0.394 e. The van der Waals surface area contributed by atoms with Gasteiger partial charge in [-0.05, 0) is 24.6 Å². The summed E-state index contributed by atoms with van der Waals surface area (Å²) in [6.07, 6.45) is -0.903. The number of hydrogen-bond donors (Lipinski definition) is 2. The zero-order valence-corrected chi connectivity index (χ0v) is 8.01. The van der Waals surface area contributed by atoms with Gasteiger partial charge in [-0.1, -0.05) is 12.1 Å². The summed E-state index contributed by atoms with van der Waals surface area (Å²) in [7, 11) is 0. The number of rotatable bonds is 5. The minimum atomic E-state index is -0.903. The first-order valence-electron chi connectivity index (χ1n) is 4.37. The summed E-state index contributed by atoms with van der Waals surface area (Å²) in [5.41, 5.74) is 1.06. The van der Waals surface area contributed by atoms with E-state index in [9.17, 15) is 0 Å². The van der Waals surface area contributed by atoms with E-state index in [4.69, 9.17) is 20.0 Å². The van der Waals surface area contributed by atoms with Gasteiger partial charge in [-0.2, -0.15) is 4.89 Å². The topological polar surface area (TPSA) is 58.9 Å². The first kappa shape index (κ1) is 11.0. The van der Waals surface area contributed by atoms with Crippen LogP contribution < -0.4 is 4.89 Å². The van der Waals surface area contributed by atoms with Gasteiger partial charge in [0.25, 0.3) is 0 Å². The fourth-order valence-electron chi connectivity index (χ4n) is 0.900. The molecule has 4 heteroatoms. The van der Waals surface area contributed by atoms with Crippen LogP contribution in [0.25, 0.3) is 0 Å². The molecule has 1 aromatic rings. The first-order valence-corrected chi connectivity index (χ1v) is 4.37. The van der Waals surface area contributed by atoms with Crippen molar-refractivity contribution < 1.29 is 20.0 Å². The van der Waals surface area contributed by atoms with Crippen LogP contribution in [-0.4, -0.2) is 29.5 Å². The Bertz CT molecular complexity index is 275. The van der Waals surface area contributed by atoms with Crippen molar-refractivity contribution in [2.75, 3.05) is 13.2 Å². The van der Waals surface area contributed by atoms with Crippen molar-refractivity contribution in [1.29, 1.82) is 0 Å². The Kier molecular flexibility index (Phi) is 4.39. The Morgan fingerprint density at radius 2 is 2.21 bits per heavy atom. The molecule has 4 nitrogen and oxygen atoms in total. The summed E-state index contributed by atoms with van der Waals surface area (Å²) in [6, 6.07) is 7.34. The second-order valence-electron chi connectivity index (χ2n) is 3.02. The van der Waals surface area contributed by atoms with E-state index in [-0.39, 0.29) is 13.2 Å². The molecule has 1 rings (SSSR count). The maximum atomic E-state index is 8.94. The Labute approximate surface area is 82.6 Å². The monoisotopic (exact) mass is 198 g/mol. The third-order valence-electron chi connectivity index (χ3n) is 1.62. The summed E-state index contributed by atoms with van der Waals surface area (Å²) in [5, 5.41) is 17.4. The van der Waals surface area contributed by atoms with Crippen LogP contribution in [-0.2, 0) is 4.89 Å². The second-order valence-corrected chi connectivity index (χ2v) is 3.02. The third kappa shape index (κ3) is 3.74. The lowest BCUT2D eigenvalue weighted by Crippen LogP contribution is -2.20. The van der Waals surface area contributed by atoms with Gasteiger partial charge in [0.1, 0.15) is 12.7 Å². The van der Waals surface area contributed by atoms with Gasteiger partial charge in [0, 0.05) is 0 Å². The van der Waals surface area contributed by atoms with Gasteiger partial charge in [0.2, 0.25) is 0 Å². The van der Waals surface area contributed by atoms with Crippen molar-refractivity contribution >= 4 is 0 Å². The summed E-state index contributed by atoms with van der Waals surface area (Å²) in [4.78, 5) is 9.61. The largest absolute Gasteiger partial charge is 0.394 e. The molecule has 0 amide bonds. The SMILES string of the molecule is Cc1cccc(OOCC(O)CO)c1. The highest BCUT2D eigenvalue weighted by Gasteiger charge is 2.02. The maximum absolute atomic E-state index is 8.94. The number of hydrogen-bond acceptors (Lipinski definition) is 4. The molecule has 0 radical (unpaired) electrons. The lowest BCUT2D eigenvalue weighted by atomic mass is 10.2. The van der Waals surface area contributed by atoms with Crippen molar-refractivity contribution in [3.05, 3.63) is 29.8 Å². The highest BCUT2D eigenvalue weighted by Crippen LogP contribution is 2.12. The van der Waals surface area contributed by atoms with Crippen molar-refractivity contribution in [1.82, 2.24) is 0 Å². The van der Waals surface area contributed by atoms with Crippen molar-refractivity contribution in [3.63, 3.8) is 0 Å². The fraction of sp³-hybridized carbons (Fsp3) is 0.400. The Morgan fingerprint density at radius 1 is 1.43 bits per heavy atom. The van der Waals surface area contributed by atoms with Crippen molar-refractivity contribution in [3.8, 4) is 5.75 Å². The molecule has 0 fully saturated rings. The normalized spacial score (nSPS) is 12.5. The van der Waals surface area contributed by atoms with E-state index in [1.807, 2.05) is 25.1 Å². The molecule has 0 saturated carbocycles. The molecule has 0 spiro atoms. The van der Waals surface area contributed by atoms with Crippen molar-refractivity contribution in [2.45, 2.75) is 13.0 Å². The van der Waals surface area contributed by atoms with E-state index in [2.05, 4.69) is 0 Å². The Balaban J connectivity index is 2.31. The Morgan fingerprint density at radius 3 is 2.86 bits per heavy atom. The standard InChI is InChI=1S/C10H14O4/c1-8-3-2-4-10(5-8)14-13-7-9(12)6-11/h2-5,9,11-12H,6-7H2,1H3. The molecular weight excluding hydrogens is 184 g/mol. The zero-order chi connectivity index (χ0) is 10.4. The highest BCUT2D eigenvalue weighted by atomic mass is 17.2.